The van der Waals surface area contributed by atoms with E-state index in [-0.39, 0.29) is 11.5 Å². The average molecular weight is 425 g/mol. The van der Waals surface area contributed by atoms with Gasteiger partial charge in [-0.15, -0.1) is 0 Å². The van der Waals surface area contributed by atoms with Crippen molar-refractivity contribution in [2.45, 2.75) is 0 Å². The molecule has 1 aromatic heterocycles. The van der Waals surface area contributed by atoms with Crippen molar-refractivity contribution < 1.29 is 9.47 Å². The van der Waals surface area contributed by atoms with E-state index >= 15 is 0 Å². The first-order valence-corrected chi connectivity index (χ1v) is 9.95. The van der Waals surface area contributed by atoms with Crippen molar-refractivity contribution in [2.24, 2.45) is 0 Å². The summed E-state index contributed by atoms with van der Waals surface area (Å²) >= 11 is 0. The Bertz CT molecular complexity index is 1260. The second-order valence-corrected chi connectivity index (χ2v) is 7.00. The van der Waals surface area contributed by atoms with Crippen molar-refractivity contribution in [2.75, 3.05) is 25.3 Å². The summed E-state index contributed by atoms with van der Waals surface area (Å²) in [6.45, 7) is 0. The van der Waals surface area contributed by atoms with Crippen LogP contribution in [0.25, 0.3) is 11.1 Å². The van der Waals surface area contributed by atoms with Crippen LogP contribution in [-0.4, -0.2) is 29.9 Å². The molecule has 0 spiro atoms. The molecule has 32 heavy (non-hydrogen) atoms. The van der Waals surface area contributed by atoms with E-state index < -0.39 is 0 Å². The first-order valence-electron chi connectivity index (χ1n) is 9.95. The molecular weight excluding hydrogens is 402 g/mol. The molecule has 0 bridgehead atoms. The fourth-order valence-corrected chi connectivity index (χ4v) is 3.41. The summed E-state index contributed by atoms with van der Waals surface area (Å²) in [5.74, 6) is 1.90. The summed E-state index contributed by atoms with van der Waals surface area (Å²) in [6.07, 6.45) is 1.37. The topological polar surface area (TPSA) is 106 Å². The Morgan fingerprint density at radius 1 is 0.875 bits per heavy atom. The molecule has 0 aliphatic carbocycles. The van der Waals surface area contributed by atoms with Gasteiger partial charge in [0.05, 0.1) is 31.2 Å². The predicted octanol–water partition coefficient (Wildman–Crippen LogP) is 4.90. The van der Waals surface area contributed by atoms with Crippen LogP contribution in [0, 0.1) is 5.41 Å². The third-order valence-electron chi connectivity index (χ3n) is 5.04. The number of nitrogens with two attached hydrogens (primary N) is 1. The summed E-state index contributed by atoms with van der Waals surface area (Å²) < 4.78 is 10.8. The zero-order valence-electron chi connectivity index (χ0n) is 17.8. The van der Waals surface area contributed by atoms with Gasteiger partial charge in [0, 0.05) is 5.56 Å². The number of aromatic nitrogens is 2. The highest BCUT2D eigenvalue weighted by molar-refractivity contribution is 6.16. The molecule has 160 valence electrons. The van der Waals surface area contributed by atoms with Gasteiger partial charge in [0.25, 0.3) is 0 Å². The van der Waals surface area contributed by atoms with Gasteiger partial charge >= 0.3 is 0 Å². The van der Waals surface area contributed by atoms with E-state index in [1.807, 2.05) is 66.7 Å². The summed E-state index contributed by atoms with van der Waals surface area (Å²) in [4.78, 5) is 8.47. The number of nitrogen functional groups attached to an aromatic ring is 1. The quantitative estimate of drug-likeness (QED) is 0.364. The summed E-state index contributed by atoms with van der Waals surface area (Å²) in [7, 11) is 3.19. The number of nitrogens with one attached hydrogen (secondary N) is 2. The van der Waals surface area contributed by atoms with E-state index in [1.165, 1.54) is 6.33 Å². The minimum absolute atomic E-state index is 0.183. The van der Waals surface area contributed by atoms with Crippen LogP contribution in [0.3, 0.4) is 0 Å². The standard InChI is InChI=1S/C25H23N5O2/c1-31-19-10-6-9-18(13-19)23(26)22-24(27)28-15-29-25(22)30-20-14-17(11-12-21(20)32-2)16-7-4-3-5-8-16/h3-15,26H,1-2H3,(H3,27,28,29,30). The zero-order chi connectivity index (χ0) is 22.5. The Hall–Kier alpha value is -4.39. The lowest BCUT2D eigenvalue weighted by atomic mass is 10.0. The molecule has 0 atom stereocenters. The summed E-state index contributed by atoms with van der Waals surface area (Å²) in [6, 6.07) is 23.1. The van der Waals surface area contributed by atoms with Gasteiger partial charge in [0.1, 0.15) is 29.5 Å². The number of methoxy groups -OCH3 is 2. The van der Waals surface area contributed by atoms with E-state index in [0.29, 0.717) is 34.1 Å². The maximum Gasteiger partial charge on any atom is 0.145 e. The highest BCUT2D eigenvalue weighted by Gasteiger charge is 2.18. The number of nitrogens with zero attached hydrogens (tertiary/aromatic N) is 2. The van der Waals surface area contributed by atoms with Crippen molar-refractivity contribution >= 4 is 23.0 Å². The number of hydrogen-bond acceptors (Lipinski definition) is 7. The lowest BCUT2D eigenvalue weighted by Gasteiger charge is -2.16. The first-order chi connectivity index (χ1) is 15.6. The number of rotatable bonds is 7. The molecule has 3 aromatic carbocycles. The van der Waals surface area contributed by atoms with Crippen LogP contribution in [0.5, 0.6) is 11.5 Å². The molecule has 0 aliphatic heterocycles. The van der Waals surface area contributed by atoms with Crippen molar-refractivity contribution in [3.63, 3.8) is 0 Å². The lowest BCUT2D eigenvalue weighted by Crippen LogP contribution is -2.12. The van der Waals surface area contributed by atoms with Gasteiger partial charge in [-0.25, -0.2) is 9.97 Å². The third kappa shape index (κ3) is 4.22. The second-order valence-electron chi connectivity index (χ2n) is 7.00. The van der Waals surface area contributed by atoms with E-state index in [1.54, 1.807) is 20.3 Å². The number of anilines is 3. The molecule has 4 N–H and O–H groups in total. The van der Waals surface area contributed by atoms with Crippen LogP contribution >= 0.6 is 0 Å². The molecule has 4 rings (SSSR count). The normalized spacial score (nSPS) is 10.4. The second kappa shape index (κ2) is 9.18. The van der Waals surface area contributed by atoms with Crippen molar-refractivity contribution in [1.82, 2.24) is 9.97 Å². The van der Waals surface area contributed by atoms with Gasteiger partial charge in [-0.05, 0) is 35.4 Å². The van der Waals surface area contributed by atoms with Crippen LogP contribution in [0.1, 0.15) is 11.1 Å². The monoisotopic (exact) mass is 425 g/mol. The molecule has 0 radical (unpaired) electrons. The van der Waals surface area contributed by atoms with E-state index in [9.17, 15) is 0 Å². The van der Waals surface area contributed by atoms with Crippen LogP contribution < -0.4 is 20.5 Å². The summed E-state index contributed by atoms with van der Waals surface area (Å²) in [5.41, 5.74) is 10.2. The highest BCUT2D eigenvalue weighted by Crippen LogP contribution is 2.34. The molecule has 7 nitrogen and oxygen atoms in total. The predicted molar refractivity (Wildman–Crippen MR) is 127 cm³/mol. The minimum atomic E-state index is 0.183. The number of hydrogen-bond donors (Lipinski definition) is 3. The third-order valence-corrected chi connectivity index (χ3v) is 5.04. The van der Waals surface area contributed by atoms with Gasteiger partial charge in [0.15, 0.2) is 0 Å². The molecule has 0 amide bonds. The smallest absolute Gasteiger partial charge is 0.145 e. The lowest BCUT2D eigenvalue weighted by molar-refractivity contribution is 0.414. The molecule has 0 unspecified atom stereocenters. The number of ether oxygens (including phenoxy) is 2. The number of benzene rings is 3. The van der Waals surface area contributed by atoms with Gasteiger partial charge in [-0.1, -0.05) is 48.5 Å². The fraction of sp³-hybridized carbons (Fsp3) is 0.0800. The largest absolute Gasteiger partial charge is 0.497 e. The average Bonchev–Trinajstić information content (AvgIpc) is 2.84. The SMILES string of the molecule is COc1cccc(C(=N)c2c(N)ncnc2Nc2cc(-c3ccccc3)ccc2OC)c1. The van der Waals surface area contributed by atoms with Gasteiger partial charge in [0.2, 0.25) is 0 Å². The van der Waals surface area contributed by atoms with Crippen molar-refractivity contribution in [3.8, 4) is 22.6 Å². The Balaban J connectivity index is 1.76. The van der Waals surface area contributed by atoms with Crippen LogP contribution in [0.2, 0.25) is 0 Å². The molecule has 0 aliphatic rings. The zero-order valence-corrected chi connectivity index (χ0v) is 17.8. The van der Waals surface area contributed by atoms with Crippen LogP contribution in [-0.2, 0) is 0 Å². The Kier molecular flexibility index (Phi) is 5.98. The van der Waals surface area contributed by atoms with Crippen LogP contribution in [0.15, 0.2) is 79.1 Å². The molecule has 0 fully saturated rings. The summed E-state index contributed by atoms with van der Waals surface area (Å²) in [5, 5.41) is 12.1. The van der Waals surface area contributed by atoms with Gasteiger partial charge < -0.3 is 20.5 Å². The molecule has 4 aromatic rings. The molecule has 0 saturated heterocycles. The maximum atomic E-state index is 8.78. The molecule has 7 heteroatoms. The Labute approximate surface area is 186 Å². The van der Waals surface area contributed by atoms with Gasteiger partial charge in [-0.2, -0.15) is 0 Å². The first kappa shape index (κ1) is 20.9. The van der Waals surface area contributed by atoms with Crippen molar-refractivity contribution in [3.05, 3.63) is 90.3 Å². The fourth-order valence-electron chi connectivity index (χ4n) is 3.41. The van der Waals surface area contributed by atoms with Gasteiger partial charge in [-0.3, -0.25) is 5.41 Å². The van der Waals surface area contributed by atoms with E-state index in [2.05, 4.69) is 15.3 Å². The van der Waals surface area contributed by atoms with Crippen molar-refractivity contribution in [1.29, 1.82) is 5.41 Å². The minimum Gasteiger partial charge on any atom is -0.497 e. The van der Waals surface area contributed by atoms with Crippen LogP contribution in [0.4, 0.5) is 17.3 Å². The molecular formula is C25H23N5O2. The highest BCUT2D eigenvalue weighted by atomic mass is 16.5. The van der Waals surface area contributed by atoms with E-state index in [4.69, 9.17) is 20.6 Å². The molecule has 1 heterocycles. The maximum absolute atomic E-state index is 8.78. The molecule has 0 saturated carbocycles. The van der Waals surface area contributed by atoms with E-state index in [0.717, 1.165) is 11.1 Å². The Morgan fingerprint density at radius 2 is 1.69 bits per heavy atom. The Morgan fingerprint density at radius 3 is 2.44 bits per heavy atom.